The van der Waals surface area contributed by atoms with Crippen LogP contribution in [0.1, 0.15) is 28.7 Å². The molecule has 1 aliphatic rings. The third kappa shape index (κ3) is 2.85. The molecule has 0 spiro atoms. The molecule has 0 radical (unpaired) electrons. The molecule has 1 aliphatic carbocycles. The van der Waals surface area contributed by atoms with E-state index in [2.05, 4.69) is 10.8 Å². The Hall–Kier alpha value is -2.43. The number of sulfonamides is 1. The molecule has 3 aromatic rings. The summed E-state index contributed by atoms with van der Waals surface area (Å²) >= 11 is 0. The first-order chi connectivity index (χ1) is 12.5. The van der Waals surface area contributed by atoms with Gasteiger partial charge in [-0.25, -0.2) is 8.42 Å². The van der Waals surface area contributed by atoms with Gasteiger partial charge < -0.3 is 0 Å². The lowest BCUT2D eigenvalue weighted by atomic mass is 9.85. The van der Waals surface area contributed by atoms with E-state index in [1.54, 1.807) is 12.1 Å². The summed E-state index contributed by atoms with van der Waals surface area (Å²) in [5.41, 5.74) is 3.51. The third-order valence-corrected chi connectivity index (χ3v) is 6.66. The Morgan fingerprint density at radius 1 is 0.846 bits per heavy atom. The van der Waals surface area contributed by atoms with Gasteiger partial charge in [-0.05, 0) is 48.6 Å². The molecule has 0 aromatic heterocycles. The van der Waals surface area contributed by atoms with Crippen LogP contribution in [0.5, 0.6) is 0 Å². The van der Waals surface area contributed by atoms with Crippen molar-refractivity contribution in [3.8, 4) is 0 Å². The molecular formula is C22H21NO2S. The Kier molecular flexibility index (Phi) is 4.17. The van der Waals surface area contributed by atoms with E-state index in [0.717, 1.165) is 23.1 Å². The van der Waals surface area contributed by atoms with Gasteiger partial charge in [0.2, 0.25) is 10.0 Å². The number of aryl methyl sites for hydroxylation is 2. The summed E-state index contributed by atoms with van der Waals surface area (Å²) in [4.78, 5) is 0.294. The van der Waals surface area contributed by atoms with E-state index in [1.165, 1.54) is 5.56 Å². The van der Waals surface area contributed by atoms with Crippen molar-refractivity contribution >= 4 is 10.0 Å². The standard InChI is InChI=1S/C22H21NO2S/c1-17-11-13-20(14-12-17)26(24,25)23-22(19-8-3-2-4-9-19)16-15-18-7-5-6-10-21(18)22/h2-14,23H,15-16H2,1H3/t22-/m0/s1. The first-order valence-electron chi connectivity index (χ1n) is 8.76. The van der Waals surface area contributed by atoms with Crippen LogP contribution in [0, 0.1) is 6.92 Å². The lowest BCUT2D eigenvalue weighted by Crippen LogP contribution is -2.45. The fourth-order valence-electron chi connectivity index (χ4n) is 3.80. The predicted octanol–water partition coefficient (Wildman–Crippen LogP) is 4.16. The van der Waals surface area contributed by atoms with Gasteiger partial charge >= 0.3 is 0 Å². The van der Waals surface area contributed by atoms with Gasteiger partial charge in [0.25, 0.3) is 0 Å². The number of hydrogen-bond acceptors (Lipinski definition) is 2. The average molecular weight is 363 g/mol. The zero-order valence-electron chi connectivity index (χ0n) is 14.6. The van der Waals surface area contributed by atoms with Gasteiger partial charge in [0.05, 0.1) is 10.4 Å². The minimum atomic E-state index is -3.66. The summed E-state index contributed by atoms with van der Waals surface area (Å²) < 4.78 is 29.4. The quantitative estimate of drug-likeness (QED) is 0.756. The van der Waals surface area contributed by atoms with Crippen molar-refractivity contribution in [1.82, 2.24) is 4.72 Å². The van der Waals surface area contributed by atoms with Crippen molar-refractivity contribution in [2.45, 2.75) is 30.2 Å². The van der Waals surface area contributed by atoms with Gasteiger partial charge in [-0.2, -0.15) is 4.72 Å². The van der Waals surface area contributed by atoms with E-state index in [0.29, 0.717) is 11.3 Å². The van der Waals surface area contributed by atoms with E-state index in [-0.39, 0.29) is 0 Å². The molecule has 0 heterocycles. The van der Waals surface area contributed by atoms with E-state index in [9.17, 15) is 8.42 Å². The van der Waals surface area contributed by atoms with E-state index >= 15 is 0 Å². The minimum Gasteiger partial charge on any atom is -0.207 e. The highest BCUT2D eigenvalue weighted by atomic mass is 32.2. The summed E-state index contributed by atoms with van der Waals surface area (Å²) in [5, 5.41) is 0. The molecule has 0 bridgehead atoms. The molecular weight excluding hydrogens is 342 g/mol. The normalized spacial score (nSPS) is 19.3. The summed E-state index contributed by atoms with van der Waals surface area (Å²) in [6.45, 7) is 1.95. The van der Waals surface area contributed by atoms with Crippen LogP contribution in [-0.2, 0) is 22.0 Å². The van der Waals surface area contributed by atoms with Crippen LogP contribution in [0.4, 0.5) is 0 Å². The molecule has 3 nitrogen and oxygen atoms in total. The number of hydrogen-bond donors (Lipinski definition) is 1. The van der Waals surface area contributed by atoms with Gasteiger partial charge in [-0.1, -0.05) is 72.3 Å². The molecule has 0 aliphatic heterocycles. The molecule has 0 unspecified atom stereocenters. The molecule has 3 aromatic carbocycles. The van der Waals surface area contributed by atoms with Crippen molar-refractivity contribution in [2.24, 2.45) is 0 Å². The summed E-state index contributed by atoms with van der Waals surface area (Å²) in [7, 11) is -3.66. The van der Waals surface area contributed by atoms with Crippen molar-refractivity contribution in [3.63, 3.8) is 0 Å². The van der Waals surface area contributed by atoms with E-state index in [4.69, 9.17) is 0 Å². The zero-order chi connectivity index (χ0) is 18.2. The highest BCUT2D eigenvalue weighted by Gasteiger charge is 2.43. The van der Waals surface area contributed by atoms with Gasteiger partial charge in [-0.15, -0.1) is 0 Å². The van der Waals surface area contributed by atoms with Crippen LogP contribution in [0.3, 0.4) is 0 Å². The molecule has 26 heavy (non-hydrogen) atoms. The van der Waals surface area contributed by atoms with Crippen molar-refractivity contribution in [3.05, 3.63) is 101 Å². The first kappa shape index (κ1) is 17.0. The van der Waals surface area contributed by atoms with Gasteiger partial charge in [0.1, 0.15) is 0 Å². The largest absolute Gasteiger partial charge is 0.241 e. The molecule has 0 fully saturated rings. The molecule has 1 N–H and O–H groups in total. The molecule has 0 saturated heterocycles. The summed E-state index contributed by atoms with van der Waals surface area (Å²) in [6, 6.07) is 24.9. The second kappa shape index (κ2) is 6.38. The van der Waals surface area contributed by atoms with Gasteiger partial charge in [0, 0.05) is 0 Å². The summed E-state index contributed by atoms with van der Waals surface area (Å²) in [6.07, 6.45) is 1.56. The second-order valence-electron chi connectivity index (χ2n) is 6.85. The van der Waals surface area contributed by atoms with Crippen LogP contribution in [-0.4, -0.2) is 8.42 Å². The van der Waals surface area contributed by atoms with Crippen LogP contribution in [0.2, 0.25) is 0 Å². The van der Waals surface area contributed by atoms with Gasteiger partial charge in [0.15, 0.2) is 0 Å². The van der Waals surface area contributed by atoms with E-state index in [1.807, 2.05) is 67.6 Å². The smallest absolute Gasteiger partial charge is 0.207 e. The van der Waals surface area contributed by atoms with Crippen LogP contribution in [0.15, 0.2) is 83.8 Å². The van der Waals surface area contributed by atoms with Crippen LogP contribution < -0.4 is 4.72 Å². The number of benzene rings is 3. The van der Waals surface area contributed by atoms with Crippen molar-refractivity contribution in [2.75, 3.05) is 0 Å². The molecule has 4 heteroatoms. The van der Waals surface area contributed by atoms with Crippen LogP contribution >= 0.6 is 0 Å². The fraction of sp³-hybridized carbons (Fsp3) is 0.182. The Balaban J connectivity index is 1.85. The lowest BCUT2D eigenvalue weighted by Gasteiger charge is -2.32. The lowest BCUT2D eigenvalue weighted by molar-refractivity contribution is 0.463. The highest BCUT2D eigenvalue weighted by molar-refractivity contribution is 7.89. The molecule has 0 saturated carbocycles. The summed E-state index contributed by atoms with van der Waals surface area (Å²) in [5.74, 6) is 0. The Labute approximate surface area is 154 Å². The van der Waals surface area contributed by atoms with Crippen LogP contribution in [0.25, 0.3) is 0 Å². The van der Waals surface area contributed by atoms with Crippen molar-refractivity contribution < 1.29 is 8.42 Å². The molecule has 0 amide bonds. The maximum atomic E-state index is 13.2. The predicted molar refractivity (Wildman–Crippen MR) is 103 cm³/mol. The zero-order valence-corrected chi connectivity index (χ0v) is 15.5. The highest BCUT2D eigenvalue weighted by Crippen LogP contribution is 2.43. The Morgan fingerprint density at radius 2 is 1.50 bits per heavy atom. The van der Waals surface area contributed by atoms with Crippen molar-refractivity contribution in [1.29, 1.82) is 0 Å². The number of fused-ring (bicyclic) bond motifs is 1. The number of nitrogens with one attached hydrogen (secondary N) is 1. The molecule has 132 valence electrons. The third-order valence-electron chi connectivity index (χ3n) is 5.15. The minimum absolute atomic E-state index is 0.294. The second-order valence-corrected chi connectivity index (χ2v) is 8.53. The number of rotatable bonds is 4. The topological polar surface area (TPSA) is 46.2 Å². The molecule has 4 rings (SSSR count). The Bertz CT molecular complexity index is 1030. The maximum absolute atomic E-state index is 13.2. The van der Waals surface area contributed by atoms with Gasteiger partial charge in [-0.3, -0.25) is 0 Å². The molecule has 1 atom stereocenters. The fourth-order valence-corrected chi connectivity index (χ4v) is 5.21. The SMILES string of the molecule is Cc1ccc(S(=O)(=O)N[C@]2(c3ccccc3)CCc3ccccc32)cc1. The Morgan fingerprint density at radius 3 is 2.23 bits per heavy atom. The van der Waals surface area contributed by atoms with E-state index < -0.39 is 15.6 Å². The average Bonchev–Trinajstić information content (AvgIpc) is 3.02. The monoisotopic (exact) mass is 363 g/mol. The maximum Gasteiger partial charge on any atom is 0.241 e. The first-order valence-corrected chi connectivity index (χ1v) is 10.2.